The highest BCUT2D eigenvalue weighted by Gasteiger charge is 2.23. The number of nitrogens with one attached hydrogen (secondary N) is 4. The largest absolute Gasteiger partial charge is 0.358 e. The molecule has 2 aromatic rings. The summed E-state index contributed by atoms with van der Waals surface area (Å²) in [6.07, 6.45) is 3.41. The van der Waals surface area contributed by atoms with Crippen LogP contribution in [0.1, 0.15) is 12.8 Å². The van der Waals surface area contributed by atoms with E-state index < -0.39 is 0 Å². The molecule has 0 saturated carbocycles. The number of aromatic amines is 1. The van der Waals surface area contributed by atoms with Gasteiger partial charge in [0, 0.05) is 13.6 Å². The van der Waals surface area contributed by atoms with Gasteiger partial charge >= 0.3 is 0 Å². The molecule has 0 bridgehead atoms. The van der Waals surface area contributed by atoms with Crippen LogP contribution in [-0.2, 0) is 4.79 Å². The van der Waals surface area contributed by atoms with Crippen LogP contribution in [0.4, 0.5) is 11.8 Å². The van der Waals surface area contributed by atoms with E-state index in [1.807, 2.05) is 0 Å². The second kappa shape index (κ2) is 4.71. The summed E-state index contributed by atoms with van der Waals surface area (Å²) in [6.45, 7) is 0.740. The maximum absolute atomic E-state index is 11.8. The monoisotopic (exact) mass is 261 g/mol. The molecule has 0 radical (unpaired) electrons. The lowest BCUT2D eigenvalue weighted by atomic mass is 10.1. The van der Waals surface area contributed by atoms with E-state index in [1.54, 1.807) is 13.2 Å². The van der Waals surface area contributed by atoms with E-state index in [1.165, 1.54) is 0 Å². The molecule has 100 valence electrons. The first-order valence-electron chi connectivity index (χ1n) is 6.21. The fourth-order valence-corrected chi connectivity index (χ4v) is 2.13. The summed E-state index contributed by atoms with van der Waals surface area (Å²) >= 11 is 0. The van der Waals surface area contributed by atoms with Crippen molar-refractivity contribution >= 4 is 28.7 Å². The maximum Gasteiger partial charge on any atom is 0.242 e. The topological polar surface area (TPSA) is 108 Å². The minimum atomic E-state index is -0.258. The third-order valence-corrected chi connectivity index (χ3v) is 3.13. The van der Waals surface area contributed by atoms with E-state index >= 15 is 0 Å². The van der Waals surface area contributed by atoms with Gasteiger partial charge in [0.15, 0.2) is 5.65 Å². The van der Waals surface area contributed by atoms with Crippen molar-refractivity contribution in [2.75, 3.05) is 24.2 Å². The Morgan fingerprint density at radius 3 is 3.11 bits per heavy atom. The van der Waals surface area contributed by atoms with Gasteiger partial charge in [-0.25, -0.2) is 0 Å². The Bertz CT molecular complexity index is 608. The van der Waals surface area contributed by atoms with Gasteiger partial charge in [0.05, 0.1) is 11.6 Å². The number of fused-ring (bicyclic) bond motifs is 1. The number of amides is 1. The quantitative estimate of drug-likeness (QED) is 0.623. The van der Waals surface area contributed by atoms with Crippen molar-refractivity contribution in [3.8, 4) is 0 Å². The van der Waals surface area contributed by atoms with Crippen LogP contribution in [0.25, 0.3) is 11.0 Å². The number of anilines is 2. The van der Waals surface area contributed by atoms with Gasteiger partial charge in [-0.15, -0.1) is 0 Å². The molecule has 1 amide bonds. The minimum Gasteiger partial charge on any atom is -0.358 e. The van der Waals surface area contributed by atoms with E-state index in [9.17, 15) is 4.79 Å². The summed E-state index contributed by atoms with van der Waals surface area (Å²) < 4.78 is 0. The van der Waals surface area contributed by atoms with Crippen LogP contribution in [0, 0.1) is 0 Å². The number of hydrogen-bond acceptors (Lipinski definition) is 6. The van der Waals surface area contributed by atoms with Crippen molar-refractivity contribution in [3.05, 3.63) is 6.20 Å². The van der Waals surface area contributed by atoms with Crippen LogP contribution >= 0.6 is 0 Å². The lowest BCUT2D eigenvalue weighted by Gasteiger charge is -2.23. The van der Waals surface area contributed by atoms with Crippen LogP contribution in [-0.4, -0.2) is 45.7 Å². The van der Waals surface area contributed by atoms with Crippen LogP contribution in [0.2, 0.25) is 0 Å². The molecule has 8 heteroatoms. The number of piperidine rings is 1. The zero-order valence-corrected chi connectivity index (χ0v) is 10.5. The first kappa shape index (κ1) is 11.7. The fraction of sp³-hybridized carbons (Fsp3) is 0.455. The summed E-state index contributed by atoms with van der Waals surface area (Å²) in [5, 5.41) is 16.4. The first-order valence-corrected chi connectivity index (χ1v) is 6.21. The van der Waals surface area contributed by atoms with Crippen molar-refractivity contribution in [1.82, 2.24) is 25.5 Å². The molecule has 1 fully saturated rings. The van der Waals surface area contributed by atoms with Gasteiger partial charge in [-0.05, 0) is 12.8 Å². The van der Waals surface area contributed by atoms with Crippen molar-refractivity contribution < 1.29 is 4.79 Å². The molecule has 19 heavy (non-hydrogen) atoms. The molecule has 3 heterocycles. The number of nitrogens with zero attached hydrogens (tertiary/aromatic N) is 3. The Labute approximate surface area is 109 Å². The summed E-state index contributed by atoms with van der Waals surface area (Å²) in [7, 11) is 1.74. The van der Waals surface area contributed by atoms with Crippen LogP contribution in [0.3, 0.4) is 0 Å². The minimum absolute atomic E-state index is 0.00696. The second-order valence-corrected chi connectivity index (χ2v) is 4.41. The van der Waals surface area contributed by atoms with Crippen LogP contribution in [0.5, 0.6) is 0 Å². The van der Waals surface area contributed by atoms with Gasteiger partial charge in [0.25, 0.3) is 0 Å². The number of carbonyl (C=O) groups excluding carboxylic acids is 1. The Morgan fingerprint density at radius 1 is 1.42 bits per heavy atom. The highest BCUT2D eigenvalue weighted by Crippen LogP contribution is 2.21. The van der Waals surface area contributed by atoms with Crippen molar-refractivity contribution in [2.24, 2.45) is 0 Å². The van der Waals surface area contributed by atoms with Gasteiger partial charge < -0.3 is 16.0 Å². The van der Waals surface area contributed by atoms with E-state index in [2.05, 4.69) is 36.1 Å². The van der Waals surface area contributed by atoms with E-state index in [0.717, 1.165) is 24.8 Å². The third-order valence-electron chi connectivity index (χ3n) is 3.13. The predicted octanol–water partition coefficient (Wildman–Crippen LogP) is 0.0851. The maximum atomic E-state index is 11.8. The third kappa shape index (κ3) is 2.16. The molecule has 1 saturated heterocycles. The number of aromatic nitrogens is 4. The molecule has 1 aliphatic heterocycles. The lowest BCUT2D eigenvalue weighted by molar-refractivity contribution is -0.123. The summed E-state index contributed by atoms with van der Waals surface area (Å²) in [5.41, 5.74) is 0.637. The molecule has 0 aliphatic carbocycles. The number of carbonyl (C=O) groups is 1. The molecule has 0 spiro atoms. The standard InChI is InChI=1S/C11H15N7O/c1-12-11-16-8(6-5-14-18-9(6)17-11)15-7-3-2-4-13-10(7)19/h5,7H,2-4H2,1H3,(H,13,19)(H3,12,14,15,16,17,18). The molecular weight excluding hydrogens is 246 g/mol. The molecule has 8 nitrogen and oxygen atoms in total. The normalized spacial score (nSPS) is 19.2. The summed E-state index contributed by atoms with van der Waals surface area (Å²) in [5.74, 6) is 1.10. The van der Waals surface area contributed by atoms with Crippen molar-refractivity contribution in [1.29, 1.82) is 0 Å². The van der Waals surface area contributed by atoms with E-state index in [-0.39, 0.29) is 11.9 Å². The van der Waals surface area contributed by atoms with Gasteiger partial charge in [0.2, 0.25) is 11.9 Å². The van der Waals surface area contributed by atoms with Crippen LogP contribution in [0.15, 0.2) is 6.20 Å². The molecule has 3 rings (SSSR count). The Kier molecular flexibility index (Phi) is 2.90. The van der Waals surface area contributed by atoms with E-state index in [0.29, 0.717) is 17.4 Å². The zero-order chi connectivity index (χ0) is 13.2. The van der Waals surface area contributed by atoms with Gasteiger partial charge in [-0.3, -0.25) is 9.89 Å². The SMILES string of the molecule is CNc1nc(NC2CCCNC2=O)c2cn[nH]c2n1. The summed E-state index contributed by atoms with van der Waals surface area (Å²) in [4.78, 5) is 20.4. The predicted molar refractivity (Wildman–Crippen MR) is 70.9 cm³/mol. The van der Waals surface area contributed by atoms with Gasteiger partial charge in [-0.1, -0.05) is 0 Å². The highest BCUT2D eigenvalue weighted by atomic mass is 16.2. The fourth-order valence-electron chi connectivity index (χ4n) is 2.13. The Hall–Kier alpha value is -2.38. The number of rotatable bonds is 3. The highest BCUT2D eigenvalue weighted by molar-refractivity contribution is 5.91. The average molecular weight is 261 g/mol. The first-order chi connectivity index (χ1) is 9.28. The lowest BCUT2D eigenvalue weighted by Crippen LogP contribution is -2.44. The molecule has 1 atom stereocenters. The number of H-pyrrole nitrogens is 1. The molecule has 2 aromatic heterocycles. The summed E-state index contributed by atoms with van der Waals surface area (Å²) in [6, 6.07) is -0.258. The molecule has 0 aromatic carbocycles. The smallest absolute Gasteiger partial charge is 0.242 e. The van der Waals surface area contributed by atoms with E-state index in [4.69, 9.17) is 0 Å². The molecular formula is C11H15N7O. The zero-order valence-electron chi connectivity index (χ0n) is 10.5. The molecule has 4 N–H and O–H groups in total. The van der Waals surface area contributed by atoms with Gasteiger partial charge in [-0.2, -0.15) is 15.1 Å². The van der Waals surface area contributed by atoms with Crippen LogP contribution < -0.4 is 16.0 Å². The Morgan fingerprint density at radius 2 is 2.32 bits per heavy atom. The van der Waals surface area contributed by atoms with Gasteiger partial charge in [0.1, 0.15) is 11.9 Å². The van der Waals surface area contributed by atoms with Crippen molar-refractivity contribution in [3.63, 3.8) is 0 Å². The Balaban J connectivity index is 1.94. The van der Waals surface area contributed by atoms with Crippen molar-refractivity contribution in [2.45, 2.75) is 18.9 Å². The molecule has 1 unspecified atom stereocenters. The number of hydrogen-bond donors (Lipinski definition) is 4. The molecule has 1 aliphatic rings. The average Bonchev–Trinajstić information content (AvgIpc) is 2.89. The second-order valence-electron chi connectivity index (χ2n) is 4.41.